The quantitative estimate of drug-likeness (QED) is 0.685. The van der Waals surface area contributed by atoms with Crippen molar-refractivity contribution in [1.82, 2.24) is 10.2 Å². The number of carbonyl (C=O) groups excluding carboxylic acids is 2. The summed E-state index contributed by atoms with van der Waals surface area (Å²) in [5, 5.41) is 2.80. The van der Waals surface area contributed by atoms with Gasteiger partial charge in [0.05, 0.1) is 7.11 Å². The number of nitrogens with zero attached hydrogens (tertiary/aromatic N) is 1. The van der Waals surface area contributed by atoms with E-state index in [-0.39, 0.29) is 18.6 Å². The predicted octanol–water partition coefficient (Wildman–Crippen LogP) is 2.91. The van der Waals surface area contributed by atoms with Crippen molar-refractivity contribution in [3.8, 4) is 17.2 Å². The lowest BCUT2D eigenvalue weighted by Gasteiger charge is -2.29. The highest BCUT2D eigenvalue weighted by molar-refractivity contribution is 5.87. The second-order valence-corrected chi connectivity index (χ2v) is 7.13. The van der Waals surface area contributed by atoms with Crippen molar-refractivity contribution in [2.45, 2.75) is 39.3 Å². The first-order chi connectivity index (χ1) is 14.5. The van der Waals surface area contributed by atoms with E-state index in [4.69, 9.17) is 14.2 Å². The number of nitrogens with one attached hydrogen (secondary N) is 1. The molecule has 1 heterocycles. The van der Waals surface area contributed by atoms with Gasteiger partial charge in [-0.1, -0.05) is 18.2 Å². The molecule has 0 saturated heterocycles. The van der Waals surface area contributed by atoms with E-state index in [1.807, 2.05) is 49.4 Å². The Hall–Kier alpha value is -3.22. The molecule has 30 heavy (non-hydrogen) atoms. The molecule has 0 saturated carbocycles. The first-order valence-electron chi connectivity index (χ1n) is 10.1. The van der Waals surface area contributed by atoms with Gasteiger partial charge in [0, 0.05) is 19.5 Å². The topological polar surface area (TPSA) is 77.1 Å². The first kappa shape index (κ1) is 21.5. The maximum Gasteiger partial charge on any atom is 0.242 e. The molecule has 160 valence electrons. The molecule has 0 unspecified atom stereocenters. The van der Waals surface area contributed by atoms with Gasteiger partial charge >= 0.3 is 0 Å². The van der Waals surface area contributed by atoms with E-state index >= 15 is 0 Å². The van der Waals surface area contributed by atoms with Crippen LogP contribution in [0.25, 0.3) is 0 Å². The third kappa shape index (κ3) is 5.23. The predicted molar refractivity (Wildman–Crippen MR) is 113 cm³/mol. The molecule has 0 aliphatic carbocycles. The van der Waals surface area contributed by atoms with Gasteiger partial charge in [0.25, 0.3) is 0 Å². The number of fused-ring (bicyclic) bond motifs is 1. The molecule has 2 aromatic carbocycles. The zero-order valence-electron chi connectivity index (χ0n) is 17.6. The van der Waals surface area contributed by atoms with E-state index in [1.54, 1.807) is 18.9 Å². The van der Waals surface area contributed by atoms with Crippen LogP contribution in [0.5, 0.6) is 17.2 Å². The maximum absolute atomic E-state index is 13.1. The summed E-state index contributed by atoms with van der Waals surface area (Å²) < 4.78 is 15.9. The molecule has 1 aliphatic rings. The molecule has 0 radical (unpaired) electrons. The van der Waals surface area contributed by atoms with Crippen molar-refractivity contribution in [3.05, 3.63) is 53.6 Å². The molecule has 3 rings (SSSR count). The molecule has 7 nitrogen and oxygen atoms in total. The van der Waals surface area contributed by atoms with Gasteiger partial charge in [0.15, 0.2) is 11.5 Å². The Balaban J connectivity index is 1.70. The van der Waals surface area contributed by atoms with Crippen molar-refractivity contribution in [3.63, 3.8) is 0 Å². The number of ether oxygens (including phenoxy) is 3. The van der Waals surface area contributed by atoms with Crippen LogP contribution < -0.4 is 19.5 Å². The van der Waals surface area contributed by atoms with E-state index in [1.165, 1.54) is 0 Å². The van der Waals surface area contributed by atoms with Gasteiger partial charge in [-0.05, 0) is 55.7 Å². The summed E-state index contributed by atoms with van der Waals surface area (Å²) in [7, 11) is 1.61. The van der Waals surface area contributed by atoms with Crippen molar-refractivity contribution in [1.29, 1.82) is 0 Å². The van der Waals surface area contributed by atoms with Crippen molar-refractivity contribution >= 4 is 11.8 Å². The normalized spacial score (nSPS) is 12.9. The lowest BCUT2D eigenvalue weighted by Crippen LogP contribution is -2.47. The Kier molecular flexibility index (Phi) is 7.17. The molecule has 0 spiro atoms. The number of methoxy groups -OCH3 is 1. The van der Waals surface area contributed by atoms with Gasteiger partial charge in [-0.15, -0.1) is 0 Å². The average Bonchev–Trinajstić information content (AvgIpc) is 3.24. The number of carbonyl (C=O) groups is 2. The molecule has 1 N–H and O–H groups in total. The Morgan fingerprint density at radius 1 is 1.10 bits per heavy atom. The molecular weight excluding hydrogens is 384 g/mol. The van der Waals surface area contributed by atoms with E-state index in [2.05, 4.69) is 5.32 Å². The van der Waals surface area contributed by atoms with Crippen LogP contribution >= 0.6 is 0 Å². The van der Waals surface area contributed by atoms with Crippen LogP contribution in [0.3, 0.4) is 0 Å². The second kappa shape index (κ2) is 10.0. The summed E-state index contributed by atoms with van der Waals surface area (Å²) in [5.74, 6) is 1.92. The summed E-state index contributed by atoms with van der Waals surface area (Å²) in [6, 6.07) is 12.6. The molecule has 0 fully saturated rings. The lowest BCUT2D eigenvalue weighted by molar-refractivity contribution is -0.140. The fraction of sp³-hybridized carbons (Fsp3) is 0.391. The highest BCUT2D eigenvalue weighted by Gasteiger charge is 2.25. The van der Waals surface area contributed by atoms with Crippen LogP contribution in [0.4, 0.5) is 0 Å². The van der Waals surface area contributed by atoms with Gasteiger partial charge in [-0.25, -0.2) is 0 Å². The number of benzene rings is 2. The van der Waals surface area contributed by atoms with Crippen LogP contribution in [0.2, 0.25) is 0 Å². The minimum absolute atomic E-state index is 0.0813. The van der Waals surface area contributed by atoms with Crippen LogP contribution in [-0.4, -0.2) is 43.2 Å². The average molecular weight is 412 g/mol. The zero-order chi connectivity index (χ0) is 21.5. The summed E-state index contributed by atoms with van der Waals surface area (Å²) >= 11 is 0. The largest absolute Gasteiger partial charge is 0.497 e. The van der Waals surface area contributed by atoms with Gasteiger partial charge in [0.2, 0.25) is 18.6 Å². The lowest BCUT2D eigenvalue weighted by atomic mass is 10.1. The molecule has 2 amide bonds. The van der Waals surface area contributed by atoms with Gasteiger partial charge in [-0.3, -0.25) is 9.59 Å². The molecule has 1 aliphatic heterocycles. The number of amides is 2. The monoisotopic (exact) mass is 412 g/mol. The van der Waals surface area contributed by atoms with Crippen molar-refractivity contribution in [2.75, 3.05) is 20.4 Å². The Morgan fingerprint density at radius 2 is 1.80 bits per heavy atom. The number of aryl methyl sites for hydroxylation is 1. The molecule has 1 atom stereocenters. The van der Waals surface area contributed by atoms with Crippen LogP contribution in [-0.2, 0) is 22.6 Å². The van der Waals surface area contributed by atoms with Crippen LogP contribution in [0, 0.1) is 0 Å². The summed E-state index contributed by atoms with van der Waals surface area (Å²) in [6.07, 6.45) is 0.843. The Bertz CT molecular complexity index is 882. The van der Waals surface area contributed by atoms with Crippen LogP contribution in [0.15, 0.2) is 42.5 Å². The van der Waals surface area contributed by atoms with E-state index in [9.17, 15) is 9.59 Å². The third-order valence-electron chi connectivity index (χ3n) is 5.09. The standard InChI is InChI=1S/C23H28N2O5/c1-4-24-23(27)16(2)25(14-18-5-9-19(28-3)10-6-18)22(26)12-8-17-7-11-20-21(13-17)30-15-29-20/h5-7,9-11,13,16H,4,8,12,14-15H2,1-3H3,(H,24,27)/t16-/m0/s1. The molecule has 7 heteroatoms. The smallest absolute Gasteiger partial charge is 0.242 e. The van der Waals surface area contributed by atoms with E-state index in [0.29, 0.717) is 31.7 Å². The minimum atomic E-state index is -0.573. The Morgan fingerprint density at radius 3 is 2.50 bits per heavy atom. The number of likely N-dealkylation sites (N-methyl/N-ethyl adjacent to an activating group) is 1. The fourth-order valence-corrected chi connectivity index (χ4v) is 3.32. The number of hydrogen-bond acceptors (Lipinski definition) is 5. The van der Waals surface area contributed by atoms with Gasteiger partial charge < -0.3 is 24.4 Å². The molecule has 0 bridgehead atoms. The highest BCUT2D eigenvalue weighted by Crippen LogP contribution is 2.32. The highest BCUT2D eigenvalue weighted by atomic mass is 16.7. The first-order valence-corrected chi connectivity index (χ1v) is 10.1. The van der Waals surface area contributed by atoms with Crippen molar-refractivity contribution in [2.24, 2.45) is 0 Å². The molecule has 0 aromatic heterocycles. The number of rotatable bonds is 9. The summed E-state index contributed by atoms with van der Waals surface area (Å²) in [5.41, 5.74) is 1.92. The van der Waals surface area contributed by atoms with Gasteiger partial charge in [-0.2, -0.15) is 0 Å². The van der Waals surface area contributed by atoms with Crippen molar-refractivity contribution < 1.29 is 23.8 Å². The van der Waals surface area contributed by atoms with E-state index in [0.717, 1.165) is 22.6 Å². The number of hydrogen-bond donors (Lipinski definition) is 1. The third-order valence-corrected chi connectivity index (χ3v) is 5.09. The second-order valence-electron chi connectivity index (χ2n) is 7.13. The summed E-state index contributed by atoms with van der Waals surface area (Å²) in [6.45, 7) is 4.71. The SMILES string of the molecule is CCNC(=O)[C@H](C)N(Cc1ccc(OC)cc1)C(=O)CCc1ccc2c(c1)OCO2. The zero-order valence-corrected chi connectivity index (χ0v) is 17.6. The van der Waals surface area contributed by atoms with E-state index < -0.39 is 6.04 Å². The minimum Gasteiger partial charge on any atom is -0.497 e. The fourth-order valence-electron chi connectivity index (χ4n) is 3.32. The molecular formula is C23H28N2O5. The maximum atomic E-state index is 13.1. The van der Waals surface area contributed by atoms with Gasteiger partial charge in [0.1, 0.15) is 11.8 Å². The van der Waals surface area contributed by atoms with Crippen LogP contribution in [0.1, 0.15) is 31.4 Å². The Labute approximate surface area is 176 Å². The molecule has 2 aromatic rings. The summed E-state index contributed by atoms with van der Waals surface area (Å²) in [4.78, 5) is 27.1.